The highest BCUT2D eigenvalue weighted by Crippen LogP contribution is 2.37. The molecule has 0 aliphatic carbocycles. The van der Waals surface area contributed by atoms with Gasteiger partial charge in [-0.05, 0) is 50.8 Å². The number of aromatic nitrogens is 3. The van der Waals surface area contributed by atoms with Crippen LogP contribution in [0.25, 0.3) is 11.3 Å². The topological polar surface area (TPSA) is 99.5 Å². The molecule has 13 heteroatoms. The number of thiazole rings is 1. The minimum absolute atomic E-state index is 0.0611. The van der Waals surface area contributed by atoms with Crippen LogP contribution in [0.1, 0.15) is 51.6 Å². The lowest BCUT2D eigenvalue weighted by Gasteiger charge is -2.30. The van der Waals surface area contributed by atoms with Crippen LogP contribution in [-0.4, -0.2) is 68.6 Å². The maximum absolute atomic E-state index is 13.6. The van der Waals surface area contributed by atoms with Crippen LogP contribution in [0.5, 0.6) is 0 Å². The van der Waals surface area contributed by atoms with Gasteiger partial charge >= 0.3 is 12.1 Å². The molecule has 1 atom stereocenters. The summed E-state index contributed by atoms with van der Waals surface area (Å²) in [6.45, 7) is 3.35. The van der Waals surface area contributed by atoms with Gasteiger partial charge in [0.15, 0.2) is 5.78 Å². The number of carbonyl (C=O) groups is 2. The molecule has 218 valence electrons. The van der Waals surface area contributed by atoms with Crippen LogP contribution < -0.4 is 4.90 Å². The van der Waals surface area contributed by atoms with E-state index in [1.54, 1.807) is 6.07 Å². The lowest BCUT2D eigenvalue weighted by atomic mass is 9.97. The second-order valence-electron chi connectivity index (χ2n) is 10.5. The third kappa shape index (κ3) is 6.70. The Bertz CT molecular complexity index is 1420. The van der Waals surface area contributed by atoms with Crippen molar-refractivity contribution in [1.82, 2.24) is 19.9 Å². The number of hydrogen-bond donors (Lipinski definition) is 1. The average molecular weight is 608 g/mol. The van der Waals surface area contributed by atoms with Crippen LogP contribution in [0.2, 0.25) is 5.02 Å². The fraction of sp³-hybridized carbons (Fsp3) is 0.464. The van der Waals surface area contributed by atoms with Crippen molar-refractivity contribution in [2.45, 2.75) is 57.8 Å². The lowest BCUT2D eigenvalue weighted by Crippen LogP contribution is -2.40. The highest BCUT2D eigenvalue weighted by molar-refractivity contribution is 7.12. The minimum atomic E-state index is -4.32. The molecule has 0 bridgehead atoms. The largest absolute Gasteiger partial charge is 0.481 e. The fourth-order valence-electron chi connectivity index (χ4n) is 5.33. The molecule has 1 N–H and O–H groups in total. The van der Waals surface area contributed by atoms with E-state index in [1.165, 1.54) is 28.6 Å². The van der Waals surface area contributed by atoms with E-state index in [1.807, 2.05) is 24.0 Å². The molecule has 41 heavy (non-hydrogen) atoms. The molecule has 3 aromatic rings. The first kappa shape index (κ1) is 29.4. The summed E-state index contributed by atoms with van der Waals surface area (Å²) in [4.78, 5) is 41.7. The van der Waals surface area contributed by atoms with E-state index >= 15 is 0 Å². The van der Waals surface area contributed by atoms with Crippen molar-refractivity contribution >= 4 is 40.5 Å². The van der Waals surface area contributed by atoms with Crippen molar-refractivity contribution in [2.75, 3.05) is 24.5 Å². The number of aryl methyl sites for hydroxylation is 1. The van der Waals surface area contributed by atoms with E-state index in [9.17, 15) is 27.9 Å². The first-order chi connectivity index (χ1) is 19.5. The van der Waals surface area contributed by atoms with Gasteiger partial charge in [0, 0.05) is 35.1 Å². The summed E-state index contributed by atoms with van der Waals surface area (Å²) < 4.78 is 40.9. The number of benzene rings is 1. The summed E-state index contributed by atoms with van der Waals surface area (Å²) in [6.07, 6.45) is 0.0693. The van der Waals surface area contributed by atoms with E-state index in [-0.39, 0.29) is 36.8 Å². The Morgan fingerprint density at radius 1 is 1.12 bits per heavy atom. The van der Waals surface area contributed by atoms with Gasteiger partial charge in [-0.3, -0.25) is 14.5 Å². The van der Waals surface area contributed by atoms with E-state index in [0.717, 1.165) is 5.56 Å². The van der Waals surface area contributed by atoms with Crippen molar-refractivity contribution in [3.05, 3.63) is 56.8 Å². The summed E-state index contributed by atoms with van der Waals surface area (Å²) in [5, 5.41) is 10.2. The van der Waals surface area contributed by atoms with Crippen molar-refractivity contribution < 1.29 is 27.9 Å². The van der Waals surface area contributed by atoms with Crippen LogP contribution in [0.15, 0.2) is 30.6 Å². The first-order valence-corrected chi connectivity index (χ1v) is 14.6. The molecule has 2 aliphatic heterocycles. The number of nitrogens with zero attached hydrogens (tertiary/aromatic N) is 5. The molecule has 0 unspecified atom stereocenters. The molecule has 0 saturated carbocycles. The Hall–Kier alpha value is -3.09. The number of aliphatic carboxylic acids is 1. The summed E-state index contributed by atoms with van der Waals surface area (Å²) in [5.41, 5.74) is 2.23. The minimum Gasteiger partial charge on any atom is -0.481 e. The second-order valence-corrected chi connectivity index (χ2v) is 12.0. The van der Waals surface area contributed by atoms with Crippen LogP contribution in [0.3, 0.4) is 0 Å². The second kappa shape index (κ2) is 12.0. The van der Waals surface area contributed by atoms with Crippen molar-refractivity contribution in [3.8, 4) is 11.3 Å². The van der Waals surface area contributed by atoms with Gasteiger partial charge in [-0.2, -0.15) is 13.2 Å². The average Bonchev–Trinajstić information content (AvgIpc) is 3.57. The number of piperidine rings is 1. The number of hydrogen-bond acceptors (Lipinski definition) is 8. The molecule has 2 aromatic heterocycles. The summed E-state index contributed by atoms with van der Waals surface area (Å²) in [5.74, 6) is -0.896. The standard InChI is InChI=1S/C28H29ClF3N5O3S/c1-16-4-5-18(11-19(16)29)26-22(15-37-8-2-3-23(37)28(30,31)32)41-25(35-26)12-21(38)20-13-34-24(14-33-20)36-9-6-17(7-10-36)27(39)40/h4-5,11,13-14,17,23H,2-3,6-10,12,15H2,1H3,(H,39,40)/t23-/m0/s1. The number of carbonyl (C=O) groups excluding carboxylic acids is 1. The van der Waals surface area contributed by atoms with Gasteiger partial charge in [-0.15, -0.1) is 11.3 Å². The number of rotatable bonds is 8. The van der Waals surface area contributed by atoms with Gasteiger partial charge < -0.3 is 10.0 Å². The highest BCUT2D eigenvalue weighted by Gasteiger charge is 2.46. The molecule has 0 amide bonds. The Labute approximate surface area is 244 Å². The Kier molecular flexibility index (Phi) is 8.62. The number of ketones is 1. The molecule has 2 aliphatic rings. The number of alkyl halides is 3. The van der Waals surface area contributed by atoms with E-state index < -0.39 is 18.2 Å². The van der Waals surface area contributed by atoms with Gasteiger partial charge in [0.25, 0.3) is 0 Å². The van der Waals surface area contributed by atoms with Gasteiger partial charge in [0.05, 0.1) is 30.4 Å². The van der Waals surface area contributed by atoms with Crippen molar-refractivity contribution in [3.63, 3.8) is 0 Å². The quantitative estimate of drug-likeness (QED) is 0.320. The third-order valence-electron chi connectivity index (χ3n) is 7.68. The normalized spacial score (nSPS) is 18.7. The lowest BCUT2D eigenvalue weighted by molar-refractivity contribution is -0.177. The Morgan fingerprint density at radius 2 is 1.88 bits per heavy atom. The number of Topliss-reactive ketones (excluding diaryl/α,β-unsaturated/α-hetero) is 1. The SMILES string of the molecule is Cc1ccc(-c2nc(CC(=O)c3cnc(N4CCC(C(=O)O)CC4)cn3)sc2CN2CCC[C@H]2C(F)(F)F)cc1Cl. The van der Waals surface area contributed by atoms with Gasteiger partial charge in [-0.25, -0.2) is 15.0 Å². The van der Waals surface area contributed by atoms with Gasteiger partial charge in [0.2, 0.25) is 0 Å². The van der Waals surface area contributed by atoms with E-state index in [4.69, 9.17) is 11.6 Å². The summed E-state index contributed by atoms with van der Waals surface area (Å²) >= 11 is 7.57. The van der Waals surface area contributed by atoms with E-state index in [0.29, 0.717) is 70.9 Å². The molecule has 4 heterocycles. The summed E-state index contributed by atoms with van der Waals surface area (Å²) in [7, 11) is 0. The molecule has 8 nitrogen and oxygen atoms in total. The molecule has 0 spiro atoms. The number of anilines is 1. The fourth-order valence-corrected chi connectivity index (χ4v) is 6.63. The number of carboxylic acid groups (broad SMARTS) is 1. The summed E-state index contributed by atoms with van der Waals surface area (Å²) in [6, 6.07) is 3.91. The maximum atomic E-state index is 13.6. The number of likely N-dealkylation sites (tertiary alicyclic amines) is 1. The van der Waals surface area contributed by atoms with Crippen molar-refractivity contribution in [2.24, 2.45) is 5.92 Å². The van der Waals surface area contributed by atoms with Gasteiger partial charge in [0.1, 0.15) is 22.6 Å². The molecule has 0 radical (unpaired) electrons. The Balaban J connectivity index is 1.34. The maximum Gasteiger partial charge on any atom is 0.404 e. The molecule has 5 rings (SSSR count). The predicted molar refractivity (Wildman–Crippen MR) is 149 cm³/mol. The highest BCUT2D eigenvalue weighted by atomic mass is 35.5. The van der Waals surface area contributed by atoms with Crippen LogP contribution in [0.4, 0.5) is 19.0 Å². The van der Waals surface area contributed by atoms with Crippen molar-refractivity contribution in [1.29, 1.82) is 0 Å². The molecular formula is C28H29ClF3N5O3S. The molecule has 2 fully saturated rings. The van der Waals surface area contributed by atoms with Crippen LogP contribution in [0, 0.1) is 12.8 Å². The van der Waals surface area contributed by atoms with Crippen LogP contribution in [-0.2, 0) is 17.8 Å². The van der Waals surface area contributed by atoms with Gasteiger partial charge in [-0.1, -0.05) is 23.7 Å². The molecular weight excluding hydrogens is 579 g/mol. The van der Waals surface area contributed by atoms with E-state index in [2.05, 4.69) is 15.0 Å². The van der Waals surface area contributed by atoms with Crippen LogP contribution >= 0.6 is 22.9 Å². The zero-order valence-electron chi connectivity index (χ0n) is 22.3. The molecule has 2 saturated heterocycles. The first-order valence-electron chi connectivity index (χ1n) is 13.4. The monoisotopic (exact) mass is 607 g/mol. The number of halogens is 4. The zero-order valence-corrected chi connectivity index (χ0v) is 23.9. The zero-order chi connectivity index (χ0) is 29.3. The smallest absolute Gasteiger partial charge is 0.404 e. The third-order valence-corrected chi connectivity index (χ3v) is 9.13. The predicted octanol–water partition coefficient (Wildman–Crippen LogP) is 5.82. The Morgan fingerprint density at radius 3 is 2.51 bits per heavy atom. The molecule has 1 aromatic carbocycles. The number of carboxylic acids is 1.